The third-order valence-electron chi connectivity index (χ3n) is 2.80. The van der Waals surface area contributed by atoms with E-state index in [2.05, 4.69) is 19.1 Å². The third kappa shape index (κ3) is 2.98. The Balaban J connectivity index is 2.08. The Morgan fingerprint density at radius 1 is 1.17 bits per heavy atom. The zero-order valence-corrected chi connectivity index (χ0v) is 10.6. The van der Waals surface area contributed by atoms with Crippen LogP contribution in [-0.2, 0) is 6.42 Å². The smallest absolute Gasteiger partial charge is 0.221 e. The number of hydrogen-bond donors (Lipinski definition) is 0. The average Bonchev–Trinajstić information content (AvgIpc) is 2.83. The number of rotatable bonds is 4. The topological polar surface area (TPSA) is 30.2 Å². The molecule has 0 unspecified atom stereocenters. The zero-order chi connectivity index (χ0) is 13.0. The highest BCUT2D eigenvalue weighted by Gasteiger charge is 2.05. The van der Waals surface area contributed by atoms with Crippen molar-refractivity contribution in [3.63, 3.8) is 0 Å². The molecule has 0 aliphatic heterocycles. The van der Waals surface area contributed by atoms with E-state index in [1.165, 1.54) is 5.56 Å². The van der Waals surface area contributed by atoms with Crippen LogP contribution in [0.3, 0.4) is 0 Å². The monoisotopic (exact) mass is 240 g/mol. The van der Waals surface area contributed by atoms with Crippen LogP contribution in [0.5, 0.6) is 0 Å². The van der Waals surface area contributed by atoms with Crippen LogP contribution in [0.15, 0.2) is 46.9 Å². The summed E-state index contributed by atoms with van der Waals surface area (Å²) in [5, 5.41) is 0. The van der Waals surface area contributed by atoms with Crippen LogP contribution >= 0.6 is 0 Å². The van der Waals surface area contributed by atoms with Gasteiger partial charge in [0.15, 0.2) is 5.76 Å². The van der Waals surface area contributed by atoms with E-state index in [4.69, 9.17) is 4.42 Å². The van der Waals surface area contributed by atoms with Gasteiger partial charge in [0.05, 0.1) is 0 Å². The highest BCUT2D eigenvalue weighted by atomic mass is 16.3. The first-order valence-electron chi connectivity index (χ1n) is 6.07. The van der Waals surface area contributed by atoms with Gasteiger partial charge in [0, 0.05) is 0 Å². The van der Waals surface area contributed by atoms with Crippen LogP contribution in [-0.4, -0.2) is 5.78 Å². The molecule has 2 rings (SSSR count). The molecule has 0 fully saturated rings. The molecule has 0 atom stereocenters. The van der Waals surface area contributed by atoms with Crippen LogP contribution in [0.4, 0.5) is 0 Å². The first-order valence-corrected chi connectivity index (χ1v) is 6.07. The first kappa shape index (κ1) is 12.4. The molecule has 0 amide bonds. The van der Waals surface area contributed by atoms with E-state index in [1.807, 2.05) is 19.1 Å². The summed E-state index contributed by atoms with van der Waals surface area (Å²) in [5.41, 5.74) is 2.31. The van der Waals surface area contributed by atoms with E-state index in [0.29, 0.717) is 5.76 Å². The Kier molecular flexibility index (Phi) is 3.78. The van der Waals surface area contributed by atoms with Crippen molar-refractivity contribution in [3.8, 4) is 0 Å². The van der Waals surface area contributed by atoms with Gasteiger partial charge in [-0.3, -0.25) is 4.79 Å². The predicted molar refractivity (Wildman–Crippen MR) is 72.6 cm³/mol. The molecule has 1 aromatic carbocycles. The minimum absolute atomic E-state index is 0.109. The second-order valence-electron chi connectivity index (χ2n) is 4.20. The van der Waals surface area contributed by atoms with Gasteiger partial charge in [0.2, 0.25) is 5.78 Å². The van der Waals surface area contributed by atoms with Crippen molar-refractivity contribution in [3.05, 3.63) is 65.1 Å². The van der Waals surface area contributed by atoms with Gasteiger partial charge >= 0.3 is 0 Å². The van der Waals surface area contributed by atoms with Crippen molar-refractivity contribution in [2.75, 3.05) is 0 Å². The van der Waals surface area contributed by atoms with E-state index >= 15 is 0 Å². The van der Waals surface area contributed by atoms with Gasteiger partial charge in [-0.15, -0.1) is 0 Å². The molecular weight excluding hydrogens is 224 g/mol. The molecular formula is C16H16O2. The van der Waals surface area contributed by atoms with Gasteiger partial charge in [-0.1, -0.05) is 37.3 Å². The van der Waals surface area contributed by atoms with Crippen molar-refractivity contribution in [2.45, 2.75) is 20.3 Å². The van der Waals surface area contributed by atoms with Gasteiger partial charge in [-0.05, 0) is 42.7 Å². The zero-order valence-electron chi connectivity index (χ0n) is 10.6. The summed E-state index contributed by atoms with van der Waals surface area (Å²) in [6.45, 7) is 3.94. The first-order chi connectivity index (χ1) is 8.69. The number of ketones is 1. The SMILES string of the molecule is CCc1ccc(C=CC(=O)c2ccc(C)o2)cc1. The second-order valence-corrected chi connectivity index (χ2v) is 4.20. The predicted octanol–water partition coefficient (Wildman–Crippen LogP) is 4.05. The van der Waals surface area contributed by atoms with Crippen LogP contribution in [0, 0.1) is 6.92 Å². The highest BCUT2D eigenvalue weighted by Crippen LogP contribution is 2.10. The number of aryl methyl sites for hydroxylation is 2. The maximum atomic E-state index is 11.8. The summed E-state index contributed by atoms with van der Waals surface area (Å²) in [7, 11) is 0. The fourth-order valence-electron chi connectivity index (χ4n) is 1.69. The van der Waals surface area contributed by atoms with E-state index in [0.717, 1.165) is 17.7 Å². The van der Waals surface area contributed by atoms with Crippen LogP contribution in [0.25, 0.3) is 6.08 Å². The average molecular weight is 240 g/mol. The van der Waals surface area contributed by atoms with Gasteiger partial charge in [0.25, 0.3) is 0 Å². The largest absolute Gasteiger partial charge is 0.458 e. The summed E-state index contributed by atoms with van der Waals surface area (Å²) in [4.78, 5) is 11.8. The molecule has 0 aliphatic rings. The fraction of sp³-hybridized carbons (Fsp3) is 0.188. The number of carbonyl (C=O) groups is 1. The van der Waals surface area contributed by atoms with Crippen molar-refractivity contribution < 1.29 is 9.21 Å². The van der Waals surface area contributed by atoms with Crippen molar-refractivity contribution in [2.24, 2.45) is 0 Å². The molecule has 18 heavy (non-hydrogen) atoms. The molecule has 0 saturated carbocycles. The lowest BCUT2D eigenvalue weighted by atomic mass is 10.1. The van der Waals surface area contributed by atoms with E-state index < -0.39 is 0 Å². The summed E-state index contributed by atoms with van der Waals surface area (Å²) >= 11 is 0. The molecule has 2 aromatic rings. The van der Waals surface area contributed by atoms with Crippen LogP contribution in [0.2, 0.25) is 0 Å². The van der Waals surface area contributed by atoms with Gasteiger partial charge in [-0.25, -0.2) is 0 Å². The maximum absolute atomic E-state index is 11.8. The summed E-state index contributed by atoms with van der Waals surface area (Å²) in [5.74, 6) is 1.02. The molecule has 0 aliphatic carbocycles. The third-order valence-corrected chi connectivity index (χ3v) is 2.80. The molecule has 2 nitrogen and oxygen atoms in total. The molecule has 2 heteroatoms. The van der Waals surface area contributed by atoms with Crippen molar-refractivity contribution in [1.29, 1.82) is 0 Å². The Morgan fingerprint density at radius 2 is 1.89 bits per heavy atom. The standard InChI is InChI=1S/C16H16O2/c1-3-13-5-7-14(8-6-13)9-10-15(17)16-11-4-12(2)18-16/h4-11H,3H2,1-2H3. The van der Waals surface area contributed by atoms with Gasteiger partial charge in [0.1, 0.15) is 5.76 Å². The number of allylic oxidation sites excluding steroid dienone is 1. The normalized spacial score (nSPS) is 11.0. The molecule has 1 heterocycles. The Bertz CT molecular complexity index is 559. The van der Waals surface area contributed by atoms with Crippen LogP contribution < -0.4 is 0 Å². The molecule has 0 radical (unpaired) electrons. The fourth-order valence-corrected chi connectivity index (χ4v) is 1.69. The van der Waals surface area contributed by atoms with Gasteiger partial charge in [-0.2, -0.15) is 0 Å². The van der Waals surface area contributed by atoms with Gasteiger partial charge < -0.3 is 4.42 Å². The number of hydrogen-bond acceptors (Lipinski definition) is 2. The summed E-state index contributed by atoms with van der Waals surface area (Å²) in [6.07, 6.45) is 4.37. The summed E-state index contributed by atoms with van der Waals surface area (Å²) < 4.78 is 5.27. The Morgan fingerprint density at radius 3 is 2.44 bits per heavy atom. The number of benzene rings is 1. The Hall–Kier alpha value is -2.09. The second kappa shape index (κ2) is 5.50. The number of carbonyl (C=O) groups excluding carboxylic acids is 1. The quantitative estimate of drug-likeness (QED) is 0.596. The molecule has 0 N–H and O–H groups in total. The minimum atomic E-state index is -0.109. The Labute approximate surface area is 107 Å². The molecule has 1 aromatic heterocycles. The maximum Gasteiger partial charge on any atom is 0.221 e. The lowest BCUT2D eigenvalue weighted by Gasteiger charge is -1.96. The minimum Gasteiger partial charge on any atom is -0.458 e. The van der Waals surface area contributed by atoms with Crippen molar-refractivity contribution in [1.82, 2.24) is 0 Å². The lowest BCUT2D eigenvalue weighted by molar-refractivity contribution is 0.102. The molecule has 0 spiro atoms. The molecule has 0 bridgehead atoms. The molecule has 0 saturated heterocycles. The van der Waals surface area contributed by atoms with E-state index in [9.17, 15) is 4.79 Å². The molecule has 92 valence electrons. The van der Waals surface area contributed by atoms with E-state index in [1.54, 1.807) is 24.3 Å². The lowest BCUT2D eigenvalue weighted by Crippen LogP contribution is -1.90. The summed E-state index contributed by atoms with van der Waals surface area (Å²) in [6, 6.07) is 11.6. The number of furan rings is 1. The highest BCUT2D eigenvalue weighted by molar-refractivity contribution is 6.04. The van der Waals surface area contributed by atoms with Crippen molar-refractivity contribution >= 4 is 11.9 Å². The van der Waals surface area contributed by atoms with E-state index in [-0.39, 0.29) is 5.78 Å². The van der Waals surface area contributed by atoms with Crippen LogP contribution in [0.1, 0.15) is 34.4 Å².